The Morgan fingerprint density at radius 3 is 2.48 bits per heavy atom. The summed E-state index contributed by atoms with van der Waals surface area (Å²) in [6, 6.07) is 21.3. The topological polar surface area (TPSA) is 44.9 Å². The minimum atomic E-state index is -0.0721. The van der Waals surface area contributed by atoms with Crippen LogP contribution >= 0.6 is 23.2 Å². The predicted octanol–water partition coefficient (Wildman–Crippen LogP) is 6.04. The van der Waals surface area contributed by atoms with E-state index in [1.54, 1.807) is 0 Å². The third kappa shape index (κ3) is 4.81. The highest BCUT2D eigenvalue weighted by atomic mass is 35.5. The molecule has 0 spiro atoms. The van der Waals surface area contributed by atoms with Gasteiger partial charge in [0.2, 0.25) is 0 Å². The molecule has 1 heterocycles. The van der Waals surface area contributed by atoms with Crippen LogP contribution in [0.5, 0.6) is 0 Å². The average Bonchev–Trinajstić information content (AvgIpc) is 3.10. The van der Waals surface area contributed by atoms with Crippen molar-refractivity contribution in [1.82, 2.24) is 10.3 Å². The van der Waals surface area contributed by atoms with Crippen LogP contribution < -0.4 is 5.32 Å². The highest BCUT2D eigenvalue weighted by molar-refractivity contribution is 6.31. The molecule has 146 valence electrons. The van der Waals surface area contributed by atoms with E-state index in [1.807, 2.05) is 72.9 Å². The van der Waals surface area contributed by atoms with Crippen molar-refractivity contribution >= 4 is 40.0 Å². The molecular weight excluding hydrogens is 403 g/mol. The fourth-order valence-corrected chi connectivity index (χ4v) is 3.81. The number of nitrogens with one attached hydrogen (secondary N) is 2. The summed E-state index contributed by atoms with van der Waals surface area (Å²) in [6.45, 7) is 0.558. The lowest BCUT2D eigenvalue weighted by atomic mass is 10.0. The van der Waals surface area contributed by atoms with Gasteiger partial charge in [0.15, 0.2) is 0 Å². The molecule has 0 fully saturated rings. The Kier molecular flexibility index (Phi) is 5.89. The fourth-order valence-electron chi connectivity index (χ4n) is 3.43. The number of fused-ring (bicyclic) bond motifs is 1. The summed E-state index contributed by atoms with van der Waals surface area (Å²) in [6.07, 6.45) is 3.49. The van der Waals surface area contributed by atoms with Crippen LogP contribution in [0, 0.1) is 0 Å². The van der Waals surface area contributed by atoms with Crippen molar-refractivity contribution in [3.63, 3.8) is 0 Å². The summed E-state index contributed by atoms with van der Waals surface area (Å²) in [4.78, 5) is 15.7. The molecule has 1 aromatic heterocycles. The van der Waals surface area contributed by atoms with E-state index in [-0.39, 0.29) is 5.91 Å². The van der Waals surface area contributed by atoms with Gasteiger partial charge in [-0.3, -0.25) is 4.79 Å². The molecule has 0 unspecified atom stereocenters. The Hall–Kier alpha value is -2.75. The van der Waals surface area contributed by atoms with Gasteiger partial charge in [0.1, 0.15) is 0 Å². The quantitative estimate of drug-likeness (QED) is 0.390. The summed E-state index contributed by atoms with van der Waals surface area (Å²) < 4.78 is 0. The number of benzene rings is 3. The first-order valence-electron chi connectivity index (χ1n) is 9.45. The SMILES string of the molecule is O=C(NCCc1c[nH]c2ccc(Cl)cc12)c1ccc(Cc2cccc(Cl)c2)cc1. The van der Waals surface area contributed by atoms with Crippen molar-refractivity contribution in [2.24, 2.45) is 0 Å². The molecule has 0 aliphatic heterocycles. The molecular formula is C24H20Cl2N2O. The molecule has 0 saturated carbocycles. The number of halogens is 2. The summed E-state index contributed by atoms with van der Waals surface area (Å²) in [7, 11) is 0. The molecule has 4 rings (SSSR count). The van der Waals surface area contributed by atoms with E-state index in [9.17, 15) is 4.79 Å². The maximum Gasteiger partial charge on any atom is 0.251 e. The van der Waals surface area contributed by atoms with Crippen LogP contribution in [0.2, 0.25) is 10.0 Å². The molecule has 0 radical (unpaired) electrons. The Labute approximate surface area is 179 Å². The zero-order valence-electron chi connectivity index (χ0n) is 15.7. The van der Waals surface area contributed by atoms with Gasteiger partial charge in [0.05, 0.1) is 0 Å². The van der Waals surface area contributed by atoms with Crippen LogP contribution in [0.3, 0.4) is 0 Å². The van der Waals surface area contributed by atoms with Crippen molar-refractivity contribution in [3.8, 4) is 0 Å². The number of hydrogen-bond acceptors (Lipinski definition) is 1. The second-order valence-corrected chi connectivity index (χ2v) is 7.89. The molecule has 0 bridgehead atoms. The average molecular weight is 423 g/mol. The summed E-state index contributed by atoms with van der Waals surface area (Å²) in [5.74, 6) is -0.0721. The second kappa shape index (κ2) is 8.73. The molecule has 2 N–H and O–H groups in total. The van der Waals surface area contributed by atoms with Gasteiger partial charge in [-0.2, -0.15) is 0 Å². The molecule has 1 amide bonds. The molecule has 29 heavy (non-hydrogen) atoms. The van der Waals surface area contributed by atoms with E-state index in [4.69, 9.17) is 23.2 Å². The normalized spacial score (nSPS) is 11.0. The number of H-pyrrole nitrogens is 1. The largest absolute Gasteiger partial charge is 0.361 e. The van der Waals surface area contributed by atoms with Crippen LogP contribution in [-0.4, -0.2) is 17.4 Å². The van der Waals surface area contributed by atoms with E-state index in [2.05, 4.69) is 10.3 Å². The third-order valence-electron chi connectivity index (χ3n) is 4.92. The predicted molar refractivity (Wildman–Crippen MR) is 120 cm³/mol. The number of aromatic nitrogens is 1. The Bertz CT molecular complexity index is 1150. The summed E-state index contributed by atoms with van der Waals surface area (Å²) in [5, 5.41) is 5.53. The standard InChI is InChI=1S/C24H20Cl2N2O/c25-20-3-1-2-17(13-20)12-16-4-6-18(7-5-16)24(29)27-11-10-19-15-28-23-9-8-21(26)14-22(19)23/h1-9,13-15,28H,10-12H2,(H,27,29). The Morgan fingerprint density at radius 2 is 1.69 bits per heavy atom. The summed E-state index contributed by atoms with van der Waals surface area (Å²) in [5.41, 5.74) is 5.13. The number of amides is 1. The smallest absolute Gasteiger partial charge is 0.251 e. The first kappa shape index (κ1) is 19.6. The van der Waals surface area contributed by atoms with E-state index < -0.39 is 0 Å². The van der Waals surface area contributed by atoms with Crippen molar-refractivity contribution in [2.75, 3.05) is 6.54 Å². The molecule has 4 aromatic rings. The van der Waals surface area contributed by atoms with E-state index >= 15 is 0 Å². The summed E-state index contributed by atoms with van der Waals surface area (Å²) >= 11 is 12.1. The molecule has 3 aromatic carbocycles. The monoisotopic (exact) mass is 422 g/mol. The minimum Gasteiger partial charge on any atom is -0.361 e. The fraction of sp³-hybridized carbons (Fsp3) is 0.125. The third-order valence-corrected chi connectivity index (χ3v) is 5.39. The maximum atomic E-state index is 12.4. The van der Waals surface area contributed by atoms with Crippen LogP contribution in [0.25, 0.3) is 10.9 Å². The lowest BCUT2D eigenvalue weighted by Crippen LogP contribution is -2.25. The molecule has 0 saturated heterocycles. The van der Waals surface area contributed by atoms with Crippen LogP contribution in [0.1, 0.15) is 27.0 Å². The Balaban J connectivity index is 1.34. The number of carbonyl (C=O) groups excluding carboxylic acids is 1. The lowest BCUT2D eigenvalue weighted by Gasteiger charge is -2.07. The van der Waals surface area contributed by atoms with Gasteiger partial charge in [-0.05, 0) is 72.0 Å². The minimum absolute atomic E-state index is 0.0721. The number of carbonyl (C=O) groups is 1. The Morgan fingerprint density at radius 1 is 0.897 bits per heavy atom. The van der Waals surface area contributed by atoms with E-state index in [0.717, 1.165) is 45.5 Å². The van der Waals surface area contributed by atoms with Gasteiger partial charge in [-0.15, -0.1) is 0 Å². The van der Waals surface area contributed by atoms with Gasteiger partial charge < -0.3 is 10.3 Å². The first-order valence-corrected chi connectivity index (χ1v) is 10.2. The van der Waals surface area contributed by atoms with E-state index in [0.29, 0.717) is 17.1 Å². The van der Waals surface area contributed by atoms with Gasteiger partial charge in [0, 0.05) is 39.3 Å². The maximum absolute atomic E-state index is 12.4. The van der Waals surface area contributed by atoms with Crippen molar-refractivity contribution < 1.29 is 4.79 Å². The zero-order chi connectivity index (χ0) is 20.2. The van der Waals surface area contributed by atoms with Crippen molar-refractivity contribution in [2.45, 2.75) is 12.8 Å². The molecule has 0 aliphatic carbocycles. The van der Waals surface area contributed by atoms with Gasteiger partial charge in [-0.1, -0.05) is 47.5 Å². The van der Waals surface area contributed by atoms with Crippen molar-refractivity contribution in [1.29, 1.82) is 0 Å². The highest BCUT2D eigenvalue weighted by Crippen LogP contribution is 2.22. The second-order valence-electron chi connectivity index (χ2n) is 7.01. The highest BCUT2D eigenvalue weighted by Gasteiger charge is 2.08. The van der Waals surface area contributed by atoms with Crippen LogP contribution in [0.15, 0.2) is 72.9 Å². The molecule has 0 atom stereocenters. The molecule has 0 aliphatic rings. The molecule has 5 heteroatoms. The zero-order valence-corrected chi connectivity index (χ0v) is 17.2. The number of aromatic amines is 1. The van der Waals surface area contributed by atoms with Crippen LogP contribution in [0.4, 0.5) is 0 Å². The van der Waals surface area contributed by atoms with Gasteiger partial charge >= 0.3 is 0 Å². The van der Waals surface area contributed by atoms with Crippen molar-refractivity contribution in [3.05, 3.63) is 105 Å². The van der Waals surface area contributed by atoms with Gasteiger partial charge in [-0.25, -0.2) is 0 Å². The number of hydrogen-bond donors (Lipinski definition) is 2. The van der Waals surface area contributed by atoms with Crippen LogP contribution in [-0.2, 0) is 12.8 Å². The number of rotatable bonds is 6. The van der Waals surface area contributed by atoms with E-state index in [1.165, 1.54) is 0 Å². The lowest BCUT2D eigenvalue weighted by molar-refractivity contribution is 0.0954. The van der Waals surface area contributed by atoms with Gasteiger partial charge in [0.25, 0.3) is 5.91 Å². The molecule has 3 nitrogen and oxygen atoms in total. The first-order chi connectivity index (χ1) is 14.1.